The summed E-state index contributed by atoms with van der Waals surface area (Å²) in [7, 11) is -1.61. The standard InChI is InChI=1S/C22H27N3O3S3/c1-28-21-17(4-3-9-23-21)14-25-11-7-16(8-12-25)5-6-18-20(22-24-10-13-29-22)19(15-30-18)31(2,26)27/h3-4,9-10,13,15-16H,5-8,11-12,14H2,1-2H3. The number of aryl methyl sites for hydroxylation is 1. The highest BCUT2D eigenvalue weighted by Gasteiger charge is 2.25. The Bertz CT molecular complexity index is 1100. The van der Waals surface area contributed by atoms with E-state index in [1.54, 1.807) is 36.2 Å². The predicted octanol–water partition coefficient (Wildman–Crippen LogP) is 4.52. The van der Waals surface area contributed by atoms with Crippen LogP contribution in [-0.4, -0.2) is 49.7 Å². The fraction of sp³-hybridized carbons (Fsp3) is 0.455. The van der Waals surface area contributed by atoms with Crippen LogP contribution in [-0.2, 0) is 22.8 Å². The fourth-order valence-corrected chi connectivity index (χ4v) is 7.42. The van der Waals surface area contributed by atoms with Crippen LogP contribution in [0.1, 0.15) is 29.7 Å². The van der Waals surface area contributed by atoms with Gasteiger partial charge in [0.25, 0.3) is 0 Å². The topological polar surface area (TPSA) is 72.4 Å². The Kier molecular flexibility index (Phi) is 7.05. The molecule has 1 fully saturated rings. The molecule has 4 rings (SSSR count). The van der Waals surface area contributed by atoms with E-state index in [-0.39, 0.29) is 0 Å². The molecule has 0 spiro atoms. The molecule has 3 aromatic rings. The van der Waals surface area contributed by atoms with Crippen molar-refractivity contribution in [1.29, 1.82) is 0 Å². The number of likely N-dealkylation sites (tertiary alicyclic amines) is 1. The van der Waals surface area contributed by atoms with Gasteiger partial charge in [0.2, 0.25) is 5.88 Å². The number of aromatic nitrogens is 2. The van der Waals surface area contributed by atoms with E-state index in [0.29, 0.717) is 16.7 Å². The lowest BCUT2D eigenvalue weighted by Crippen LogP contribution is -2.33. The lowest BCUT2D eigenvalue weighted by Gasteiger charge is -2.32. The molecule has 0 radical (unpaired) electrons. The van der Waals surface area contributed by atoms with Gasteiger partial charge < -0.3 is 4.74 Å². The van der Waals surface area contributed by atoms with Gasteiger partial charge in [-0.2, -0.15) is 0 Å². The number of thiophene rings is 1. The Balaban J connectivity index is 1.37. The molecule has 3 aromatic heterocycles. The minimum Gasteiger partial charge on any atom is -0.481 e. The van der Waals surface area contributed by atoms with Gasteiger partial charge in [-0.1, -0.05) is 6.07 Å². The van der Waals surface area contributed by atoms with Crippen molar-refractivity contribution < 1.29 is 13.2 Å². The molecular formula is C22H27N3O3S3. The monoisotopic (exact) mass is 477 g/mol. The number of methoxy groups -OCH3 is 1. The summed E-state index contributed by atoms with van der Waals surface area (Å²) in [5.41, 5.74) is 1.95. The lowest BCUT2D eigenvalue weighted by molar-refractivity contribution is 0.170. The maximum Gasteiger partial charge on any atom is 0.217 e. The van der Waals surface area contributed by atoms with Crippen molar-refractivity contribution in [3.8, 4) is 16.5 Å². The normalized spacial score (nSPS) is 15.9. The molecule has 0 bridgehead atoms. The van der Waals surface area contributed by atoms with E-state index in [1.165, 1.54) is 17.6 Å². The third-order valence-corrected chi connectivity index (χ3v) is 8.91. The number of rotatable bonds is 8. The smallest absolute Gasteiger partial charge is 0.217 e. The Morgan fingerprint density at radius 2 is 2.00 bits per heavy atom. The predicted molar refractivity (Wildman–Crippen MR) is 126 cm³/mol. The summed E-state index contributed by atoms with van der Waals surface area (Å²) >= 11 is 3.05. The molecule has 0 aromatic carbocycles. The Hall–Kier alpha value is -1.81. The summed E-state index contributed by atoms with van der Waals surface area (Å²) in [5, 5.41) is 4.48. The van der Waals surface area contributed by atoms with Crippen LogP contribution in [0.2, 0.25) is 0 Å². The highest BCUT2D eigenvalue weighted by molar-refractivity contribution is 7.91. The van der Waals surface area contributed by atoms with E-state index in [1.807, 2.05) is 11.4 Å². The van der Waals surface area contributed by atoms with Crippen LogP contribution in [0.4, 0.5) is 0 Å². The van der Waals surface area contributed by atoms with E-state index in [4.69, 9.17) is 4.74 Å². The number of nitrogens with zero attached hydrogens (tertiary/aromatic N) is 3. The number of piperidine rings is 1. The molecule has 6 nitrogen and oxygen atoms in total. The van der Waals surface area contributed by atoms with Crippen molar-refractivity contribution in [3.05, 3.63) is 45.7 Å². The average Bonchev–Trinajstić information content (AvgIpc) is 3.43. The Labute approximate surface area is 191 Å². The van der Waals surface area contributed by atoms with Crippen LogP contribution in [0.15, 0.2) is 40.2 Å². The molecule has 1 saturated heterocycles. The van der Waals surface area contributed by atoms with Gasteiger partial charge in [-0.3, -0.25) is 4.90 Å². The number of pyridine rings is 1. The molecule has 0 unspecified atom stereocenters. The molecule has 0 atom stereocenters. The number of hydrogen-bond acceptors (Lipinski definition) is 8. The molecule has 0 saturated carbocycles. The van der Waals surface area contributed by atoms with Crippen molar-refractivity contribution in [2.75, 3.05) is 26.5 Å². The molecule has 4 heterocycles. The molecule has 0 aliphatic carbocycles. The molecule has 31 heavy (non-hydrogen) atoms. The highest BCUT2D eigenvalue weighted by atomic mass is 32.2. The molecule has 0 amide bonds. The van der Waals surface area contributed by atoms with E-state index >= 15 is 0 Å². The van der Waals surface area contributed by atoms with Gasteiger partial charge in [0.05, 0.1) is 12.0 Å². The summed E-state index contributed by atoms with van der Waals surface area (Å²) in [6.07, 6.45) is 9.05. The molecule has 9 heteroatoms. The second-order valence-corrected chi connectivity index (χ2v) is 11.8. The maximum absolute atomic E-state index is 12.3. The zero-order valence-corrected chi connectivity index (χ0v) is 20.2. The molecular weight excluding hydrogens is 450 g/mol. The summed E-state index contributed by atoms with van der Waals surface area (Å²) in [4.78, 5) is 12.7. The third-order valence-electron chi connectivity index (χ3n) is 5.80. The van der Waals surface area contributed by atoms with Gasteiger partial charge in [0.15, 0.2) is 9.84 Å². The van der Waals surface area contributed by atoms with Crippen LogP contribution >= 0.6 is 22.7 Å². The Morgan fingerprint density at radius 1 is 1.19 bits per heavy atom. The zero-order valence-electron chi connectivity index (χ0n) is 17.8. The quantitative estimate of drug-likeness (QED) is 0.475. The van der Waals surface area contributed by atoms with Crippen LogP contribution in [0.3, 0.4) is 0 Å². The average molecular weight is 478 g/mol. The molecule has 1 aliphatic heterocycles. The van der Waals surface area contributed by atoms with Gasteiger partial charge in [0, 0.05) is 52.0 Å². The maximum atomic E-state index is 12.3. The second kappa shape index (κ2) is 9.77. The van der Waals surface area contributed by atoms with Gasteiger partial charge in [0.1, 0.15) is 5.01 Å². The van der Waals surface area contributed by atoms with Gasteiger partial charge >= 0.3 is 0 Å². The lowest BCUT2D eigenvalue weighted by atomic mass is 9.91. The van der Waals surface area contributed by atoms with Crippen LogP contribution in [0.25, 0.3) is 10.6 Å². The molecule has 1 aliphatic rings. The first-order valence-electron chi connectivity index (χ1n) is 10.4. The van der Waals surface area contributed by atoms with E-state index < -0.39 is 9.84 Å². The zero-order chi connectivity index (χ0) is 21.8. The van der Waals surface area contributed by atoms with E-state index in [2.05, 4.69) is 20.9 Å². The van der Waals surface area contributed by atoms with Crippen molar-refractivity contribution in [2.45, 2.75) is 37.1 Å². The summed E-state index contributed by atoms with van der Waals surface area (Å²) in [6.45, 7) is 2.97. The summed E-state index contributed by atoms with van der Waals surface area (Å²) in [5.74, 6) is 1.36. The van der Waals surface area contributed by atoms with Crippen molar-refractivity contribution in [1.82, 2.24) is 14.9 Å². The fourth-order valence-electron chi connectivity index (χ4n) is 4.15. The first-order chi connectivity index (χ1) is 15.0. The van der Waals surface area contributed by atoms with Crippen molar-refractivity contribution in [3.63, 3.8) is 0 Å². The highest BCUT2D eigenvalue weighted by Crippen LogP contribution is 2.38. The number of ether oxygens (including phenoxy) is 1. The summed E-state index contributed by atoms with van der Waals surface area (Å²) in [6, 6.07) is 4.03. The van der Waals surface area contributed by atoms with Crippen LogP contribution in [0, 0.1) is 5.92 Å². The minimum absolute atomic E-state index is 0.419. The number of hydrogen-bond donors (Lipinski definition) is 0. The first-order valence-corrected chi connectivity index (χ1v) is 14.0. The number of thiazole rings is 1. The van der Waals surface area contributed by atoms with Crippen LogP contribution < -0.4 is 4.74 Å². The Morgan fingerprint density at radius 3 is 2.68 bits per heavy atom. The molecule has 0 N–H and O–H groups in total. The van der Waals surface area contributed by atoms with Crippen LogP contribution in [0.5, 0.6) is 5.88 Å². The SMILES string of the molecule is COc1ncccc1CN1CCC(CCc2scc(S(C)(=O)=O)c2-c2nccs2)CC1. The minimum atomic E-state index is -3.27. The van der Waals surface area contributed by atoms with Crippen molar-refractivity contribution >= 4 is 32.5 Å². The van der Waals surface area contributed by atoms with E-state index in [9.17, 15) is 8.42 Å². The van der Waals surface area contributed by atoms with Gasteiger partial charge in [-0.05, 0) is 50.8 Å². The molecule has 166 valence electrons. The summed E-state index contributed by atoms with van der Waals surface area (Å²) < 4.78 is 29.9. The van der Waals surface area contributed by atoms with Crippen molar-refractivity contribution in [2.24, 2.45) is 5.92 Å². The number of sulfone groups is 1. The van der Waals surface area contributed by atoms with Gasteiger partial charge in [-0.15, -0.1) is 22.7 Å². The van der Waals surface area contributed by atoms with E-state index in [0.717, 1.165) is 66.3 Å². The third kappa shape index (κ3) is 5.34. The van der Waals surface area contributed by atoms with Gasteiger partial charge in [-0.25, -0.2) is 18.4 Å². The largest absolute Gasteiger partial charge is 0.481 e. The second-order valence-electron chi connectivity index (χ2n) is 7.94. The first kappa shape index (κ1) is 22.4.